The van der Waals surface area contributed by atoms with Gasteiger partial charge in [0.2, 0.25) is 0 Å². The largest absolute Gasteiger partial charge is 0.332 e. The predicted molar refractivity (Wildman–Crippen MR) is 79.0 cm³/mol. The van der Waals surface area contributed by atoms with Gasteiger partial charge in [-0.15, -0.1) is 0 Å². The van der Waals surface area contributed by atoms with Crippen LogP contribution in [0.25, 0.3) is 0 Å². The van der Waals surface area contributed by atoms with Crippen molar-refractivity contribution in [2.45, 2.75) is 45.7 Å². The quantitative estimate of drug-likeness (QED) is 0.938. The molecule has 0 bridgehead atoms. The second-order valence-electron chi connectivity index (χ2n) is 5.73. The summed E-state index contributed by atoms with van der Waals surface area (Å²) >= 11 is 0. The molecule has 2 aromatic rings. The Morgan fingerprint density at radius 2 is 2.29 bits per heavy atom. The molecule has 0 saturated carbocycles. The normalized spacial score (nSPS) is 19.0. The van der Waals surface area contributed by atoms with Gasteiger partial charge in [-0.1, -0.05) is 0 Å². The molecule has 1 aliphatic rings. The molecule has 1 fully saturated rings. The van der Waals surface area contributed by atoms with Crippen molar-refractivity contribution in [2.24, 2.45) is 0 Å². The highest BCUT2D eigenvalue weighted by molar-refractivity contribution is 5.92. The number of rotatable bonds is 3. The molecule has 3 rings (SSSR count). The van der Waals surface area contributed by atoms with Crippen LogP contribution in [0.1, 0.15) is 41.1 Å². The number of nitrogens with zero attached hydrogens (tertiary/aromatic N) is 4. The van der Waals surface area contributed by atoms with Crippen LogP contribution in [0.5, 0.6) is 0 Å². The Kier molecular flexibility index (Phi) is 3.77. The van der Waals surface area contributed by atoms with Crippen molar-refractivity contribution >= 4 is 5.91 Å². The molecule has 0 aliphatic carbocycles. The van der Waals surface area contributed by atoms with Gasteiger partial charge >= 0.3 is 0 Å². The van der Waals surface area contributed by atoms with E-state index in [2.05, 4.69) is 28.3 Å². The lowest BCUT2D eigenvalue weighted by Gasteiger charge is -2.35. The molecule has 1 aliphatic heterocycles. The Hall–Kier alpha value is -2.11. The van der Waals surface area contributed by atoms with Crippen LogP contribution in [0, 0.1) is 13.8 Å². The van der Waals surface area contributed by atoms with Crippen molar-refractivity contribution < 1.29 is 4.79 Å². The zero-order chi connectivity index (χ0) is 14.8. The van der Waals surface area contributed by atoms with Gasteiger partial charge < -0.3 is 4.90 Å². The molecule has 0 radical (unpaired) electrons. The summed E-state index contributed by atoms with van der Waals surface area (Å²) in [7, 11) is 0. The van der Waals surface area contributed by atoms with Gasteiger partial charge in [-0.25, -0.2) is 0 Å². The molecular formula is C15H21N5O. The predicted octanol–water partition coefficient (Wildman–Crippen LogP) is 1.92. The molecule has 0 aromatic carbocycles. The van der Waals surface area contributed by atoms with Crippen molar-refractivity contribution in [3.05, 3.63) is 35.4 Å². The average Bonchev–Trinajstić information content (AvgIpc) is 3.09. The van der Waals surface area contributed by atoms with E-state index in [4.69, 9.17) is 0 Å². The number of H-pyrrole nitrogens is 1. The van der Waals surface area contributed by atoms with Crippen LogP contribution in [-0.4, -0.2) is 43.4 Å². The number of amides is 1. The van der Waals surface area contributed by atoms with Crippen LogP contribution in [0.3, 0.4) is 0 Å². The maximum absolute atomic E-state index is 12.6. The lowest BCUT2D eigenvalue weighted by Crippen LogP contribution is -2.46. The molecule has 3 heterocycles. The number of nitrogens with one attached hydrogen (secondary N) is 1. The maximum Gasteiger partial charge on any atom is 0.272 e. The first-order chi connectivity index (χ1) is 10.1. The van der Waals surface area contributed by atoms with E-state index in [9.17, 15) is 4.79 Å². The van der Waals surface area contributed by atoms with Crippen LogP contribution in [0.4, 0.5) is 0 Å². The first-order valence-electron chi connectivity index (χ1n) is 7.46. The molecule has 1 amide bonds. The van der Waals surface area contributed by atoms with Gasteiger partial charge in [-0.3, -0.25) is 14.6 Å². The molecule has 112 valence electrons. The van der Waals surface area contributed by atoms with Crippen molar-refractivity contribution in [1.82, 2.24) is 24.9 Å². The second-order valence-corrected chi connectivity index (χ2v) is 5.73. The third kappa shape index (κ3) is 2.84. The second kappa shape index (κ2) is 5.71. The van der Waals surface area contributed by atoms with Gasteiger partial charge in [0.1, 0.15) is 5.69 Å². The summed E-state index contributed by atoms with van der Waals surface area (Å²) in [6.45, 7) is 5.63. The average molecular weight is 287 g/mol. The fourth-order valence-electron chi connectivity index (χ4n) is 3.05. The first kappa shape index (κ1) is 13.9. The molecule has 1 N–H and O–H groups in total. The number of aryl methyl sites for hydroxylation is 2. The summed E-state index contributed by atoms with van der Waals surface area (Å²) < 4.78 is 2.01. The van der Waals surface area contributed by atoms with Crippen LogP contribution in [-0.2, 0) is 6.54 Å². The Labute approximate surface area is 124 Å². The van der Waals surface area contributed by atoms with Gasteiger partial charge in [0.25, 0.3) is 5.91 Å². The summed E-state index contributed by atoms with van der Waals surface area (Å²) in [5.41, 5.74) is 2.73. The minimum absolute atomic E-state index is 0.0405. The molecule has 6 heteroatoms. The molecule has 1 saturated heterocycles. The highest BCUT2D eigenvalue weighted by Gasteiger charge is 2.28. The van der Waals surface area contributed by atoms with Crippen LogP contribution >= 0.6 is 0 Å². The van der Waals surface area contributed by atoms with E-state index in [1.807, 2.05) is 16.5 Å². The number of carbonyl (C=O) groups excluding carboxylic acids is 1. The first-order valence-corrected chi connectivity index (χ1v) is 7.46. The van der Waals surface area contributed by atoms with Crippen molar-refractivity contribution in [2.75, 3.05) is 6.54 Å². The topological polar surface area (TPSA) is 66.8 Å². The Bertz CT molecular complexity index is 616. The fourth-order valence-corrected chi connectivity index (χ4v) is 3.05. The molecule has 2 aromatic heterocycles. The molecule has 6 nitrogen and oxygen atoms in total. The van der Waals surface area contributed by atoms with E-state index in [0.717, 1.165) is 43.7 Å². The highest BCUT2D eigenvalue weighted by atomic mass is 16.2. The standard InChI is InChI=1S/C15H21N5O/c1-11-9-12(2)20(18-11)10-13-5-3-4-8-19(13)15(21)14-6-7-16-17-14/h6-7,9,13H,3-5,8,10H2,1-2H3,(H,16,17)/t13-/m1/s1. The number of carbonyl (C=O) groups is 1. The summed E-state index contributed by atoms with van der Waals surface area (Å²) in [4.78, 5) is 14.5. The third-order valence-corrected chi connectivity index (χ3v) is 4.11. The summed E-state index contributed by atoms with van der Waals surface area (Å²) in [6.07, 6.45) is 4.87. The Morgan fingerprint density at radius 1 is 1.43 bits per heavy atom. The number of likely N-dealkylation sites (tertiary alicyclic amines) is 1. The van der Waals surface area contributed by atoms with E-state index >= 15 is 0 Å². The molecule has 0 spiro atoms. The van der Waals surface area contributed by atoms with Crippen LogP contribution in [0.2, 0.25) is 0 Å². The minimum atomic E-state index is 0.0405. The van der Waals surface area contributed by atoms with E-state index in [1.165, 1.54) is 0 Å². The Morgan fingerprint density at radius 3 is 2.95 bits per heavy atom. The van der Waals surface area contributed by atoms with Crippen LogP contribution < -0.4 is 0 Å². The van der Waals surface area contributed by atoms with Gasteiger partial charge in [-0.05, 0) is 45.2 Å². The van der Waals surface area contributed by atoms with Gasteiger partial charge in [0.15, 0.2) is 0 Å². The molecule has 0 unspecified atom stereocenters. The van der Waals surface area contributed by atoms with Gasteiger partial charge in [0, 0.05) is 18.4 Å². The molecular weight excluding hydrogens is 266 g/mol. The van der Waals surface area contributed by atoms with E-state index in [-0.39, 0.29) is 11.9 Å². The van der Waals surface area contributed by atoms with Gasteiger partial charge in [0.05, 0.1) is 18.3 Å². The lowest BCUT2D eigenvalue weighted by atomic mass is 10.0. The Balaban J connectivity index is 1.78. The van der Waals surface area contributed by atoms with E-state index in [0.29, 0.717) is 5.69 Å². The monoisotopic (exact) mass is 287 g/mol. The SMILES string of the molecule is Cc1cc(C)n(C[C@H]2CCCCN2C(=O)c2ccn[nH]2)n1. The fraction of sp³-hybridized carbons (Fsp3) is 0.533. The summed E-state index contributed by atoms with van der Waals surface area (Å²) in [5.74, 6) is 0.0405. The third-order valence-electron chi connectivity index (χ3n) is 4.11. The number of hydrogen-bond donors (Lipinski definition) is 1. The van der Waals surface area contributed by atoms with Crippen molar-refractivity contribution in [3.8, 4) is 0 Å². The highest BCUT2D eigenvalue weighted by Crippen LogP contribution is 2.21. The van der Waals surface area contributed by atoms with Gasteiger partial charge in [-0.2, -0.15) is 10.2 Å². The number of hydrogen-bond acceptors (Lipinski definition) is 3. The lowest BCUT2D eigenvalue weighted by molar-refractivity contribution is 0.0576. The minimum Gasteiger partial charge on any atom is -0.332 e. The molecule has 21 heavy (non-hydrogen) atoms. The maximum atomic E-state index is 12.6. The van der Waals surface area contributed by atoms with Crippen molar-refractivity contribution in [3.63, 3.8) is 0 Å². The summed E-state index contributed by atoms with van der Waals surface area (Å²) in [5, 5.41) is 11.2. The van der Waals surface area contributed by atoms with Crippen LogP contribution in [0.15, 0.2) is 18.3 Å². The smallest absolute Gasteiger partial charge is 0.272 e. The molecule has 1 atom stereocenters. The van der Waals surface area contributed by atoms with E-state index < -0.39 is 0 Å². The summed E-state index contributed by atoms with van der Waals surface area (Å²) in [6, 6.07) is 4.01. The number of aromatic amines is 1. The number of piperidine rings is 1. The van der Waals surface area contributed by atoms with E-state index in [1.54, 1.807) is 12.3 Å². The van der Waals surface area contributed by atoms with Crippen molar-refractivity contribution in [1.29, 1.82) is 0 Å². The zero-order valence-corrected chi connectivity index (χ0v) is 12.5. The zero-order valence-electron chi connectivity index (χ0n) is 12.5. The number of aromatic nitrogens is 4.